The first-order valence-corrected chi connectivity index (χ1v) is 8.97. The Hall–Kier alpha value is -2.03. The SMILES string of the molecule is CCNC(=NCCOc1cccnc1)N(C)Cc1ccc(OCC)cc1.I. The van der Waals surface area contributed by atoms with E-state index in [4.69, 9.17) is 9.47 Å². The Labute approximate surface area is 179 Å². The van der Waals surface area contributed by atoms with Crippen LogP contribution in [0, 0.1) is 0 Å². The maximum Gasteiger partial charge on any atom is 0.194 e. The van der Waals surface area contributed by atoms with Crippen LogP contribution in [0.1, 0.15) is 19.4 Å². The second-order valence-corrected chi connectivity index (χ2v) is 5.71. The smallest absolute Gasteiger partial charge is 0.194 e. The van der Waals surface area contributed by atoms with Crippen LogP contribution in [0.3, 0.4) is 0 Å². The molecule has 0 saturated carbocycles. The van der Waals surface area contributed by atoms with Gasteiger partial charge in [-0.3, -0.25) is 4.98 Å². The lowest BCUT2D eigenvalue weighted by Crippen LogP contribution is -2.38. The maximum atomic E-state index is 5.64. The molecule has 0 saturated heterocycles. The van der Waals surface area contributed by atoms with Crippen LogP contribution >= 0.6 is 24.0 Å². The molecule has 6 nitrogen and oxygen atoms in total. The van der Waals surface area contributed by atoms with Crippen molar-refractivity contribution in [2.75, 3.05) is 33.4 Å². The van der Waals surface area contributed by atoms with E-state index >= 15 is 0 Å². The molecule has 0 unspecified atom stereocenters. The van der Waals surface area contributed by atoms with Crippen molar-refractivity contribution in [3.05, 3.63) is 54.4 Å². The first-order chi connectivity index (χ1) is 12.7. The Morgan fingerprint density at radius 3 is 2.52 bits per heavy atom. The lowest BCUT2D eigenvalue weighted by atomic mass is 10.2. The molecule has 2 rings (SSSR count). The van der Waals surface area contributed by atoms with Crippen molar-refractivity contribution in [3.8, 4) is 11.5 Å². The third kappa shape index (κ3) is 8.47. The molecule has 1 aromatic carbocycles. The number of halogens is 1. The van der Waals surface area contributed by atoms with Crippen LogP contribution in [-0.4, -0.2) is 49.2 Å². The van der Waals surface area contributed by atoms with Gasteiger partial charge in [0.2, 0.25) is 0 Å². The van der Waals surface area contributed by atoms with Crippen molar-refractivity contribution < 1.29 is 9.47 Å². The minimum absolute atomic E-state index is 0. The number of guanidine groups is 1. The molecule has 1 N–H and O–H groups in total. The van der Waals surface area contributed by atoms with Crippen LogP contribution in [0.2, 0.25) is 0 Å². The Kier molecular flexibility index (Phi) is 11.2. The van der Waals surface area contributed by atoms with E-state index in [1.54, 1.807) is 12.4 Å². The van der Waals surface area contributed by atoms with E-state index in [1.165, 1.54) is 5.56 Å². The summed E-state index contributed by atoms with van der Waals surface area (Å²) in [5, 5.41) is 3.32. The molecule has 0 amide bonds. The minimum Gasteiger partial charge on any atom is -0.494 e. The molecule has 0 aliphatic rings. The third-order valence-corrected chi connectivity index (χ3v) is 3.61. The van der Waals surface area contributed by atoms with Crippen LogP contribution in [0.15, 0.2) is 53.8 Å². The zero-order valence-electron chi connectivity index (χ0n) is 16.2. The molecule has 0 fully saturated rings. The van der Waals surface area contributed by atoms with Crippen LogP contribution in [0.4, 0.5) is 0 Å². The second-order valence-electron chi connectivity index (χ2n) is 5.71. The van der Waals surface area contributed by atoms with Crippen LogP contribution in [0.25, 0.3) is 0 Å². The summed E-state index contributed by atoms with van der Waals surface area (Å²) < 4.78 is 11.1. The average Bonchev–Trinajstić information content (AvgIpc) is 2.67. The number of hydrogen-bond donors (Lipinski definition) is 1. The molecule has 148 valence electrons. The standard InChI is InChI=1S/C20H28N4O2.HI/c1-4-22-20(23-13-14-26-19-7-6-12-21-15-19)24(3)16-17-8-10-18(11-9-17)25-5-2;/h6-12,15H,4-5,13-14,16H2,1-3H3,(H,22,23);1H. The summed E-state index contributed by atoms with van der Waals surface area (Å²) in [6, 6.07) is 11.9. The zero-order valence-corrected chi connectivity index (χ0v) is 18.6. The summed E-state index contributed by atoms with van der Waals surface area (Å²) in [6.45, 7) is 7.39. The topological polar surface area (TPSA) is 59.0 Å². The van der Waals surface area contributed by atoms with E-state index in [1.807, 2.05) is 38.2 Å². The number of nitrogens with zero attached hydrogens (tertiary/aromatic N) is 3. The summed E-state index contributed by atoms with van der Waals surface area (Å²) >= 11 is 0. The number of aliphatic imine (C=N–C) groups is 1. The molecular formula is C20H29IN4O2. The van der Waals surface area contributed by atoms with Crippen LogP contribution in [-0.2, 0) is 6.54 Å². The van der Waals surface area contributed by atoms with Crippen molar-refractivity contribution in [1.82, 2.24) is 15.2 Å². The van der Waals surface area contributed by atoms with Gasteiger partial charge in [-0.25, -0.2) is 4.99 Å². The zero-order chi connectivity index (χ0) is 18.6. The number of rotatable bonds is 9. The molecule has 0 bridgehead atoms. The van der Waals surface area contributed by atoms with Gasteiger partial charge in [0.1, 0.15) is 18.1 Å². The van der Waals surface area contributed by atoms with E-state index in [2.05, 4.69) is 39.2 Å². The minimum atomic E-state index is 0. The first kappa shape index (κ1) is 23.0. The summed E-state index contributed by atoms with van der Waals surface area (Å²) in [5.41, 5.74) is 1.20. The average molecular weight is 484 g/mol. The quantitative estimate of drug-likeness (QED) is 0.255. The second kappa shape index (κ2) is 13.2. The van der Waals surface area contributed by atoms with Crippen molar-refractivity contribution >= 4 is 29.9 Å². The van der Waals surface area contributed by atoms with Gasteiger partial charge in [-0.2, -0.15) is 0 Å². The van der Waals surface area contributed by atoms with E-state index in [0.717, 1.165) is 30.5 Å². The Balaban J connectivity index is 0.00000364. The van der Waals surface area contributed by atoms with Crippen molar-refractivity contribution in [1.29, 1.82) is 0 Å². The largest absolute Gasteiger partial charge is 0.494 e. The Morgan fingerprint density at radius 1 is 1.11 bits per heavy atom. The predicted molar refractivity (Wildman–Crippen MR) is 120 cm³/mol. The number of aromatic nitrogens is 1. The van der Waals surface area contributed by atoms with Gasteiger partial charge in [0.05, 0.1) is 19.3 Å². The monoisotopic (exact) mass is 484 g/mol. The molecule has 27 heavy (non-hydrogen) atoms. The molecule has 1 heterocycles. The van der Waals surface area contributed by atoms with Crippen molar-refractivity contribution in [2.45, 2.75) is 20.4 Å². The molecule has 1 aromatic heterocycles. The summed E-state index contributed by atoms with van der Waals surface area (Å²) in [4.78, 5) is 10.8. The van der Waals surface area contributed by atoms with E-state index < -0.39 is 0 Å². The lowest BCUT2D eigenvalue weighted by molar-refractivity contribution is 0.326. The van der Waals surface area contributed by atoms with Gasteiger partial charge in [-0.15, -0.1) is 24.0 Å². The van der Waals surface area contributed by atoms with Gasteiger partial charge in [0, 0.05) is 26.3 Å². The highest BCUT2D eigenvalue weighted by Gasteiger charge is 2.06. The van der Waals surface area contributed by atoms with Gasteiger partial charge in [-0.05, 0) is 43.7 Å². The highest BCUT2D eigenvalue weighted by molar-refractivity contribution is 14.0. The lowest BCUT2D eigenvalue weighted by Gasteiger charge is -2.22. The highest BCUT2D eigenvalue weighted by atomic mass is 127. The number of benzene rings is 1. The Morgan fingerprint density at radius 2 is 1.89 bits per heavy atom. The van der Waals surface area contributed by atoms with Crippen molar-refractivity contribution in [3.63, 3.8) is 0 Å². The molecule has 0 atom stereocenters. The third-order valence-electron chi connectivity index (χ3n) is 3.61. The molecular weight excluding hydrogens is 455 g/mol. The molecule has 2 aromatic rings. The van der Waals surface area contributed by atoms with Crippen LogP contribution in [0.5, 0.6) is 11.5 Å². The predicted octanol–water partition coefficient (Wildman–Crippen LogP) is 3.57. The van der Waals surface area contributed by atoms with Gasteiger partial charge >= 0.3 is 0 Å². The van der Waals surface area contributed by atoms with Gasteiger partial charge in [0.25, 0.3) is 0 Å². The highest BCUT2D eigenvalue weighted by Crippen LogP contribution is 2.13. The number of hydrogen-bond acceptors (Lipinski definition) is 4. The molecule has 0 aliphatic heterocycles. The van der Waals surface area contributed by atoms with Gasteiger partial charge < -0.3 is 19.7 Å². The molecule has 0 radical (unpaired) electrons. The van der Waals surface area contributed by atoms with Crippen molar-refractivity contribution in [2.24, 2.45) is 4.99 Å². The van der Waals surface area contributed by atoms with Gasteiger partial charge in [-0.1, -0.05) is 12.1 Å². The number of nitrogens with one attached hydrogen (secondary N) is 1. The van der Waals surface area contributed by atoms with E-state index in [0.29, 0.717) is 19.8 Å². The molecule has 7 heteroatoms. The fraction of sp³-hybridized carbons (Fsp3) is 0.400. The first-order valence-electron chi connectivity index (χ1n) is 8.97. The van der Waals surface area contributed by atoms with Crippen LogP contribution < -0.4 is 14.8 Å². The fourth-order valence-electron chi connectivity index (χ4n) is 2.42. The summed E-state index contributed by atoms with van der Waals surface area (Å²) in [5.74, 6) is 2.51. The number of ether oxygens (including phenoxy) is 2. The maximum absolute atomic E-state index is 5.64. The normalized spacial score (nSPS) is 10.7. The summed E-state index contributed by atoms with van der Waals surface area (Å²) in [7, 11) is 2.03. The van der Waals surface area contributed by atoms with E-state index in [9.17, 15) is 0 Å². The van der Waals surface area contributed by atoms with Gasteiger partial charge in [0.15, 0.2) is 5.96 Å². The van der Waals surface area contributed by atoms with E-state index in [-0.39, 0.29) is 24.0 Å². The number of pyridine rings is 1. The molecule has 0 aliphatic carbocycles. The Bertz CT molecular complexity index is 665. The summed E-state index contributed by atoms with van der Waals surface area (Å²) in [6.07, 6.45) is 3.43. The fourth-order valence-corrected chi connectivity index (χ4v) is 2.42. The molecule has 0 spiro atoms.